The van der Waals surface area contributed by atoms with Gasteiger partial charge in [0.05, 0.1) is 6.10 Å². The third kappa shape index (κ3) is 4.59. The summed E-state index contributed by atoms with van der Waals surface area (Å²) in [5.74, 6) is 0.557. The molecule has 0 bridgehead atoms. The molecule has 0 heterocycles. The monoisotopic (exact) mass is 325 g/mol. The molecule has 106 valence electrons. The highest BCUT2D eigenvalue weighted by molar-refractivity contribution is 9.10. The average molecular weight is 326 g/mol. The van der Waals surface area contributed by atoms with Gasteiger partial charge in [0.2, 0.25) is 0 Å². The molecule has 2 N–H and O–H groups in total. The highest BCUT2D eigenvalue weighted by Crippen LogP contribution is 2.24. The van der Waals surface area contributed by atoms with Crippen LogP contribution in [0, 0.1) is 5.92 Å². The van der Waals surface area contributed by atoms with E-state index < -0.39 is 0 Å². The van der Waals surface area contributed by atoms with E-state index in [2.05, 4.69) is 53.3 Å². The number of fused-ring (bicyclic) bond motifs is 1. The molecule has 2 unspecified atom stereocenters. The normalized spacial score (nSPS) is 20.4. The molecule has 0 saturated heterocycles. The topological polar surface area (TPSA) is 32.3 Å². The standard InChI is InChI=1S/C16H24BrNO/c1-11(2)7-16(19)10-18-15-6-4-12-8-14(17)5-3-13(12)9-15/h3,5,8,11,15-16,18-19H,4,6-7,9-10H2,1-2H3. The van der Waals surface area contributed by atoms with Crippen molar-refractivity contribution in [2.45, 2.75) is 51.7 Å². The molecule has 1 aromatic rings. The van der Waals surface area contributed by atoms with E-state index >= 15 is 0 Å². The van der Waals surface area contributed by atoms with Crippen LogP contribution in [0.4, 0.5) is 0 Å². The lowest BCUT2D eigenvalue weighted by atomic mass is 9.88. The van der Waals surface area contributed by atoms with Gasteiger partial charge in [-0.2, -0.15) is 0 Å². The maximum atomic E-state index is 9.91. The van der Waals surface area contributed by atoms with Crippen molar-refractivity contribution >= 4 is 15.9 Å². The predicted octanol–water partition coefficient (Wildman–Crippen LogP) is 3.30. The minimum absolute atomic E-state index is 0.216. The van der Waals surface area contributed by atoms with Crippen molar-refractivity contribution in [2.75, 3.05) is 6.54 Å². The van der Waals surface area contributed by atoms with Gasteiger partial charge in [0, 0.05) is 17.1 Å². The van der Waals surface area contributed by atoms with E-state index in [1.165, 1.54) is 15.6 Å². The number of aliphatic hydroxyl groups is 1. The van der Waals surface area contributed by atoms with E-state index in [1.54, 1.807) is 0 Å². The Morgan fingerprint density at radius 2 is 2.16 bits per heavy atom. The van der Waals surface area contributed by atoms with Gasteiger partial charge in [-0.05, 0) is 54.9 Å². The molecule has 0 spiro atoms. The first-order valence-electron chi connectivity index (χ1n) is 7.23. The van der Waals surface area contributed by atoms with Gasteiger partial charge in [-0.15, -0.1) is 0 Å². The SMILES string of the molecule is CC(C)CC(O)CNC1CCc2cc(Br)ccc2C1. The van der Waals surface area contributed by atoms with E-state index in [4.69, 9.17) is 0 Å². The van der Waals surface area contributed by atoms with Crippen LogP contribution in [0.15, 0.2) is 22.7 Å². The van der Waals surface area contributed by atoms with Crippen molar-refractivity contribution in [3.63, 3.8) is 0 Å². The predicted molar refractivity (Wildman–Crippen MR) is 83.4 cm³/mol. The summed E-state index contributed by atoms with van der Waals surface area (Å²) >= 11 is 3.53. The molecule has 19 heavy (non-hydrogen) atoms. The summed E-state index contributed by atoms with van der Waals surface area (Å²) in [6.07, 6.45) is 4.04. The highest BCUT2D eigenvalue weighted by atomic mass is 79.9. The van der Waals surface area contributed by atoms with E-state index in [0.29, 0.717) is 18.5 Å². The number of halogens is 1. The van der Waals surface area contributed by atoms with E-state index in [0.717, 1.165) is 25.7 Å². The molecule has 0 amide bonds. The fourth-order valence-electron chi connectivity index (χ4n) is 2.83. The van der Waals surface area contributed by atoms with Gasteiger partial charge in [-0.3, -0.25) is 0 Å². The first-order chi connectivity index (χ1) is 9.04. The molecular weight excluding hydrogens is 302 g/mol. The van der Waals surface area contributed by atoms with E-state index in [1.807, 2.05) is 0 Å². The van der Waals surface area contributed by atoms with Gasteiger partial charge in [-0.1, -0.05) is 35.8 Å². The van der Waals surface area contributed by atoms with Gasteiger partial charge in [0.1, 0.15) is 0 Å². The number of aryl methyl sites for hydroxylation is 1. The average Bonchev–Trinajstić information content (AvgIpc) is 2.35. The Morgan fingerprint density at radius 1 is 1.37 bits per heavy atom. The number of hydrogen-bond donors (Lipinski definition) is 2. The van der Waals surface area contributed by atoms with Gasteiger partial charge in [0.25, 0.3) is 0 Å². The molecule has 0 saturated carbocycles. The van der Waals surface area contributed by atoms with Crippen LogP contribution in [0.25, 0.3) is 0 Å². The van der Waals surface area contributed by atoms with Crippen molar-refractivity contribution < 1.29 is 5.11 Å². The zero-order valence-electron chi connectivity index (χ0n) is 11.8. The van der Waals surface area contributed by atoms with Crippen molar-refractivity contribution in [1.82, 2.24) is 5.32 Å². The molecule has 1 aliphatic carbocycles. The van der Waals surface area contributed by atoms with Crippen molar-refractivity contribution in [1.29, 1.82) is 0 Å². The summed E-state index contributed by atoms with van der Waals surface area (Å²) in [7, 11) is 0. The summed E-state index contributed by atoms with van der Waals surface area (Å²) in [6.45, 7) is 5.02. The van der Waals surface area contributed by atoms with Crippen LogP contribution in [0.5, 0.6) is 0 Å². The number of nitrogens with one attached hydrogen (secondary N) is 1. The zero-order chi connectivity index (χ0) is 13.8. The molecule has 0 aliphatic heterocycles. The summed E-state index contributed by atoms with van der Waals surface area (Å²) < 4.78 is 1.17. The lowest BCUT2D eigenvalue weighted by molar-refractivity contribution is 0.141. The van der Waals surface area contributed by atoms with Crippen LogP contribution >= 0.6 is 15.9 Å². The van der Waals surface area contributed by atoms with Crippen LogP contribution in [0.2, 0.25) is 0 Å². The van der Waals surface area contributed by atoms with Crippen LogP contribution in [-0.2, 0) is 12.8 Å². The minimum Gasteiger partial charge on any atom is -0.392 e. The Hall–Kier alpha value is -0.380. The Bertz CT molecular complexity index is 419. The van der Waals surface area contributed by atoms with Crippen LogP contribution < -0.4 is 5.32 Å². The van der Waals surface area contributed by atoms with Crippen LogP contribution in [0.1, 0.15) is 37.8 Å². The fourth-order valence-corrected chi connectivity index (χ4v) is 3.24. The fraction of sp³-hybridized carbons (Fsp3) is 0.625. The quantitative estimate of drug-likeness (QED) is 0.870. The van der Waals surface area contributed by atoms with Gasteiger partial charge in [0.15, 0.2) is 0 Å². The molecule has 1 aliphatic rings. The summed E-state index contributed by atoms with van der Waals surface area (Å²) in [4.78, 5) is 0. The van der Waals surface area contributed by atoms with Crippen LogP contribution in [-0.4, -0.2) is 23.8 Å². The molecule has 1 aromatic carbocycles. The third-order valence-electron chi connectivity index (χ3n) is 3.78. The first kappa shape index (κ1) is 15.0. The molecule has 2 atom stereocenters. The Labute approximate surface area is 124 Å². The van der Waals surface area contributed by atoms with Gasteiger partial charge >= 0.3 is 0 Å². The molecule has 2 nitrogen and oxygen atoms in total. The maximum Gasteiger partial charge on any atom is 0.0667 e. The summed E-state index contributed by atoms with van der Waals surface area (Å²) in [5, 5.41) is 13.4. The lowest BCUT2D eigenvalue weighted by Gasteiger charge is -2.27. The van der Waals surface area contributed by atoms with E-state index in [9.17, 15) is 5.11 Å². The molecule has 0 fully saturated rings. The largest absolute Gasteiger partial charge is 0.392 e. The minimum atomic E-state index is -0.216. The van der Waals surface area contributed by atoms with Crippen molar-refractivity contribution in [2.24, 2.45) is 5.92 Å². The Balaban J connectivity index is 1.83. The Morgan fingerprint density at radius 3 is 2.89 bits per heavy atom. The second-order valence-electron chi connectivity index (χ2n) is 6.04. The number of benzene rings is 1. The molecule has 0 radical (unpaired) electrons. The van der Waals surface area contributed by atoms with Crippen molar-refractivity contribution in [3.05, 3.63) is 33.8 Å². The molecule has 2 rings (SSSR count). The zero-order valence-corrected chi connectivity index (χ0v) is 13.4. The highest BCUT2D eigenvalue weighted by Gasteiger charge is 2.19. The van der Waals surface area contributed by atoms with Gasteiger partial charge < -0.3 is 10.4 Å². The van der Waals surface area contributed by atoms with Crippen molar-refractivity contribution in [3.8, 4) is 0 Å². The second-order valence-corrected chi connectivity index (χ2v) is 6.96. The van der Waals surface area contributed by atoms with Crippen LogP contribution in [0.3, 0.4) is 0 Å². The molecule has 0 aromatic heterocycles. The molecular formula is C16H24BrNO. The Kier molecular flexibility index (Phi) is 5.43. The van der Waals surface area contributed by atoms with E-state index in [-0.39, 0.29) is 6.10 Å². The third-order valence-corrected chi connectivity index (χ3v) is 4.28. The second kappa shape index (κ2) is 6.87. The number of rotatable bonds is 5. The number of aliphatic hydroxyl groups excluding tert-OH is 1. The molecule has 3 heteroatoms. The maximum absolute atomic E-state index is 9.91. The van der Waals surface area contributed by atoms with Gasteiger partial charge in [-0.25, -0.2) is 0 Å². The smallest absolute Gasteiger partial charge is 0.0667 e. The first-order valence-corrected chi connectivity index (χ1v) is 8.02. The number of hydrogen-bond acceptors (Lipinski definition) is 2. The summed E-state index contributed by atoms with van der Waals surface area (Å²) in [5.41, 5.74) is 2.92. The summed E-state index contributed by atoms with van der Waals surface area (Å²) in [6, 6.07) is 7.08. The lowest BCUT2D eigenvalue weighted by Crippen LogP contribution is -2.39.